The molecule has 2 aromatic rings. The number of hydrogen-bond acceptors (Lipinski definition) is 5. The van der Waals surface area contributed by atoms with Crippen LogP contribution in [0.4, 0.5) is 18.9 Å². The van der Waals surface area contributed by atoms with Crippen LogP contribution in [0.15, 0.2) is 48.5 Å². The summed E-state index contributed by atoms with van der Waals surface area (Å²) in [4.78, 5) is 28.1. The number of benzene rings is 2. The van der Waals surface area contributed by atoms with E-state index in [0.717, 1.165) is 66.4 Å². The molecule has 1 atom stereocenters. The van der Waals surface area contributed by atoms with Gasteiger partial charge >= 0.3 is 6.18 Å². The standard InChI is InChI=1S/C29H38F3N3O5S/c1-21(28(37)33-24-12-5-4-6-13-24)34(20-22-10-7-15-26(18-22)40-2)27(36)16-9-17-35(41(3,38)39)25-14-8-11-23(19-25)29(30,31)32/h7-8,10-11,14-15,18-19,21,24H,4-6,9,12-13,16-17,20H2,1-3H3,(H,33,37)/t21-/m0/s1. The maximum Gasteiger partial charge on any atom is 0.416 e. The number of carbonyl (C=O) groups is 2. The molecule has 12 heteroatoms. The van der Waals surface area contributed by atoms with E-state index in [1.807, 2.05) is 6.07 Å². The lowest BCUT2D eigenvalue weighted by Gasteiger charge is -2.31. The number of ether oxygens (including phenoxy) is 1. The molecule has 8 nitrogen and oxygen atoms in total. The zero-order valence-electron chi connectivity index (χ0n) is 23.6. The number of alkyl halides is 3. The Morgan fingerprint density at radius 3 is 2.39 bits per heavy atom. The molecule has 0 spiro atoms. The molecule has 1 aliphatic carbocycles. The fourth-order valence-corrected chi connectivity index (χ4v) is 5.92. The van der Waals surface area contributed by atoms with Crippen molar-refractivity contribution in [2.24, 2.45) is 0 Å². The van der Waals surface area contributed by atoms with E-state index in [0.29, 0.717) is 5.75 Å². The van der Waals surface area contributed by atoms with E-state index in [1.165, 1.54) is 18.1 Å². The minimum atomic E-state index is -4.63. The van der Waals surface area contributed by atoms with Crippen LogP contribution >= 0.6 is 0 Å². The van der Waals surface area contributed by atoms with Crippen LogP contribution in [0.1, 0.15) is 63.0 Å². The number of halogens is 3. The SMILES string of the molecule is COc1cccc(CN(C(=O)CCCN(c2cccc(C(F)(F)F)c2)S(C)(=O)=O)[C@@H](C)C(=O)NC2CCCCC2)c1. The Balaban J connectivity index is 1.76. The van der Waals surface area contributed by atoms with Gasteiger partial charge in [0.05, 0.1) is 24.6 Å². The first-order valence-corrected chi connectivity index (χ1v) is 15.5. The van der Waals surface area contributed by atoms with Gasteiger partial charge in [-0.15, -0.1) is 0 Å². The summed E-state index contributed by atoms with van der Waals surface area (Å²) in [6.45, 7) is 1.57. The second kappa shape index (κ2) is 14.1. The van der Waals surface area contributed by atoms with Crippen LogP contribution in [-0.4, -0.2) is 57.1 Å². The fourth-order valence-electron chi connectivity index (χ4n) is 4.96. The van der Waals surface area contributed by atoms with E-state index in [2.05, 4.69) is 5.32 Å². The summed E-state index contributed by atoms with van der Waals surface area (Å²) in [5.41, 5.74) is -0.359. The van der Waals surface area contributed by atoms with Crippen molar-refractivity contribution in [1.82, 2.24) is 10.2 Å². The second-order valence-corrected chi connectivity index (χ2v) is 12.3. The van der Waals surface area contributed by atoms with Crippen LogP contribution in [0.5, 0.6) is 5.75 Å². The van der Waals surface area contributed by atoms with Gasteiger partial charge in [-0.1, -0.05) is 37.5 Å². The predicted molar refractivity (Wildman–Crippen MR) is 151 cm³/mol. The average Bonchev–Trinajstić information content (AvgIpc) is 2.93. The predicted octanol–water partition coefficient (Wildman–Crippen LogP) is 5.13. The van der Waals surface area contributed by atoms with Crippen LogP contribution in [0.25, 0.3) is 0 Å². The van der Waals surface area contributed by atoms with Crippen molar-refractivity contribution in [3.8, 4) is 5.75 Å². The number of amides is 2. The van der Waals surface area contributed by atoms with E-state index >= 15 is 0 Å². The van der Waals surface area contributed by atoms with Crippen molar-refractivity contribution < 1.29 is 35.9 Å². The average molecular weight is 598 g/mol. The zero-order chi connectivity index (χ0) is 30.2. The molecule has 1 aliphatic rings. The summed E-state index contributed by atoms with van der Waals surface area (Å²) < 4.78 is 70.8. The Labute approximate surface area is 239 Å². The molecule has 0 heterocycles. The zero-order valence-corrected chi connectivity index (χ0v) is 24.4. The van der Waals surface area contributed by atoms with Gasteiger partial charge in [0, 0.05) is 25.6 Å². The maximum absolute atomic E-state index is 13.5. The molecule has 0 saturated heterocycles. The first kappa shape index (κ1) is 32.2. The molecule has 41 heavy (non-hydrogen) atoms. The topological polar surface area (TPSA) is 96.0 Å². The molecule has 3 rings (SSSR count). The van der Waals surface area contributed by atoms with Crippen LogP contribution in [0.3, 0.4) is 0 Å². The monoisotopic (exact) mass is 597 g/mol. The third-order valence-corrected chi connectivity index (χ3v) is 8.41. The molecule has 0 unspecified atom stereocenters. The molecule has 0 aromatic heterocycles. The van der Waals surface area contributed by atoms with Crippen LogP contribution in [0.2, 0.25) is 0 Å². The van der Waals surface area contributed by atoms with E-state index in [1.54, 1.807) is 25.1 Å². The van der Waals surface area contributed by atoms with Gasteiger partial charge in [0.15, 0.2) is 0 Å². The maximum atomic E-state index is 13.5. The third-order valence-electron chi connectivity index (χ3n) is 7.22. The molecule has 1 N–H and O–H groups in total. The van der Waals surface area contributed by atoms with Crippen molar-refractivity contribution in [3.05, 3.63) is 59.7 Å². The molecule has 0 bridgehead atoms. The summed E-state index contributed by atoms with van der Waals surface area (Å²) in [6, 6.07) is 10.5. The smallest absolute Gasteiger partial charge is 0.416 e. The highest BCUT2D eigenvalue weighted by Gasteiger charge is 2.32. The molecule has 1 fully saturated rings. The first-order valence-electron chi connectivity index (χ1n) is 13.7. The summed E-state index contributed by atoms with van der Waals surface area (Å²) in [5, 5.41) is 3.06. The third kappa shape index (κ3) is 9.37. The number of anilines is 1. The van der Waals surface area contributed by atoms with Gasteiger partial charge in [-0.05, 0) is 62.1 Å². The number of carbonyl (C=O) groups excluding carboxylic acids is 2. The Bertz CT molecular complexity index is 1300. The highest BCUT2D eigenvalue weighted by Crippen LogP contribution is 2.32. The molecular formula is C29H38F3N3O5S. The molecule has 226 valence electrons. The van der Waals surface area contributed by atoms with Crippen molar-refractivity contribution >= 4 is 27.5 Å². The van der Waals surface area contributed by atoms with Gasteiger partial charge in [0.2, 0.25) is 21.8 Å². The molecule has 1 saturated carbocycles. The summed E-state index contributed by atoms with van der Waals surface area (Å²) >= 11 is 0. The Morgan fingerprint density at radius 2 is 1.76 bits per heavy atom. The highest BCUT2D eigenvalue weighted by atomic mass is 32.2. The van der Waals surface area contributed by atoms with Gasteiger partial charge < -0.3 is 15.0 Å². The summed E-state index contributed by atoms with van der Waals surface area (Å²) in [7, 11) is -2.41. The lowest BCUT2D eigenvalue weighted by Crippen LogP contribution is -2.50. The number of sulfonamides is 1. The first-order chi connectivity index (χ1) is 19.3. The number of methoxy groups -OCH3 is 1. The summed E-state index contributed by atoms with van der Waals surface area (Å²) in [5.74, 6) is -0.0504. The number of hydrogen-bond donors (Lipinski definition) is 1. The number of rotatable bonds is 12. The quantitative estimate of drug-likeness (QED) is 0.366. The van der Waals surface area contributed by atoms with Crippen LogP contribution in [-0.2, 0) is 32.3 Å². The van der Waals surface area contributed by atoms with Gasteiger partial charge in [0.1, 0.15) is 11.8 Å². The molecule has 0 aliphatic heterocycles. The Kier molecular flexibility index (Phi) is 11.1. The van der Waals surface area contributed by atoms with Crippen molar-refractivity contribution in [2.75, 3.05) is 24.2 Å². The fraction of sp³-hybridized carbons (Fsp3) is 0.517. The van der Waals surface area contributed by atoms with E-state index in [-0.39, 0.29) is 49.5 Å². The Morgan fingerprint density at radius 1 is 1.07 bits per heavy atom. The van der Waals surface area contributed by atoms with E-state index in [9.17, 15) is 31.2 Å². The van der Waals surface area contributed by atoms with Crippen molar-refractivity contribution in [3.63, 3.8) is 0 Å². The van der Waals surface area contributed by atoms with Crippen LogP contribution in [0, 0.1) is 0 Å². The minimum Gasteiger partial charge on any atom is -0.497 e. The Hall–Kier alpha value is -3.28. The minimum absolute atomic E-state index is 0.0354. The normalized spacial score (nSPS) is 15.2. The molecule has 0 radical (unpaired) electrons. The van der Waals surface area contributed by atoms with E-state index < -0.39 is 27.8 Å². The van der Waals surface area contributed by atoms with Crippen molar-refractivity contribution in [1.29, 1.82) is 0 Å². The second-order valence-electron chi connectivity index (χ2n) is 10.4. The largest absolute Gasteiger partial charge is 0.497 e. The highest BCUT2D eigenvalue weighted by molar-refractivity contribution is 7.92. The van der Waals surface area contributed by atoms with Gasteiger partial charge in [-0.25, -0.2) is 8.42 Å². The van der Waals surface area contributed by atoms with Gasteiger partial charge in [-0.3, -0.25) is 13.9 Å². The van der Waals surface area contributed by atoms with Crippen molar-refractivity contribution in [2.45, 2.75) is 76.7 Å². The lowest BCUT2D eigenvalue weighted by atomic mass is 9.95. The van der Waals surface area contributed by atoms with Crippen LogP contribution < -0.4 is 14.4 Å². The lowest BCUT2D eigenvalue weighted by molar-refractivity contribution is -0.141. The molecular weight excluding hydrogens is 559 g/mol. The summed E-state index contributed by atoms with van der Waals surface area (Å²) in [6.07, 6.45) is 1.17. The van der Waals surface area contributed by atoms with Gasteiger partial charge in [0.25, 0.3) is 0 Å². The number of nitrogens with zero attached hydrogens (tertiary/aromatic N) is 2. The molecule has 2 amide bonds. The number of nitrogens with one attached hydrogen (secondary N) is 1. The van der Waals surface area contributed by atoms with E-state index in [4.69, 9.17) is 4.74 Å². The van der Waals surface area contributed by atoms with Gasteiger partial charge in [-0.2, -0.15) is 13.2 Å². The molecule has 2 aromatic carbocycles.